The molecule has 0 saturated carbocycles. The summed E-state index contributed by atoms with van der Waals surface area (Å²) >= 11 is 0. The Balaban J connectivity index is 2.67. The van der Waals surface area contributed by atoms with Crippen LogP contribution in [0.4, 0.5) is 13.2 Å². The van der Waals surface area contributed by atoms with Gasteiger partial charge < -0.3 is 0 Å². The summed E-state index contributed by atoms with van der Waals surface area (Å²) < 4.78 is 39.3. The van der Waals surface area contributed by atoms with Crippen molar-refractivity contribution in [2.24, 2.45) is 0 Å². The smallest absolute Gasteiger partial charge is 0.296 e. The molecule has 0 aliphatic carbocycles. The van der Waals surface area contributed by atoms with Gasteiger partial charge in [-0.1, -0.05) is 18.2 Å². The third kappa shape index (κ3) is 2.13. The molecule has 0 amide bonds. The minimum atomic E-state index is -4.56. The molecule has 0 N–H and O–H groups in total. The number of aldehydes is 1. The molecule has 0 saturated heterocycles. The van der Waals surface area contributed by atoms with Crippen LogP contribution in [0.2, 0.25) is 0 Å². The Morgan fingerprint density at radius 1 is 1.28 bits per heavy atom. The van der Waals surface area contributed by atoms with Gasteiger partial charge in [-0.25, -0.2) is 4.68 Å². The number of nitrogens with zero attached hydrogens (tertiary/aromatic N) is 2. The van der Waals surface area contributed by atoms with Crippen LogP contribution in [0.15, 0.2) is 30.3 Å². The van der Waals surface area contributed by atoms with Crippen molar-refractivity contribution in [1.82, 2.24) is 9.78 Å². The standard InChI is InChI=1S/C12H9F3N2O/c1-8-4-2-3-5-10(8)17-11(12(13,14)15)6-9(7-18)16-17/h2-7H,1H3. The maximum Gasteiger partial charge on any atom is 0.433 e. The van der Waals surface area contributed by atoms with Gasteiger partial charge in [0.25, 0.3) is 0 Å². The Morgan fingerprint density at radius 2 is 1.94 bits per heavy atom. The Labute approximate surface area is 101 Å². The molecule has 0 atom stereocenters. The summed E-state index contributed by atoms with van der Waals surface area (Å²) in [5, 5.41) is 3.65. The summed E-state index contributed by atoms with van der Waals surface area (Å²) in [4.78, 5) is 10.6. The van der Waals surface area contributed by atoms with Gasteiger partial charge in [0.05, 0.1) is 5.69 Å². The SMILES string of the molecule is Cc1ccccc1-n1nc(C=O)cc1C(F)(F)F. The van der Waals surface area contributed by atoms with Crippen molar-refractivity contribution in [3.63, 3.8) is 0 Å². The Bertz CT molecular complexity index is 587. The van der Waals surface area contributed by atoms with Crippen molar-refractivity contribution in [2.45, 2.75) is 13.1 Å². The molecule has 0 aliphatic heterocycles. The van der Waals surface area contributed by atoms with E-state index in [2.05, 4.69) is 5.10 Å². The molecule has 0 bridgehead atoms. The minimum absolute atomic E-state index is 0.245. The van der Waals surface area contributed by atoms with Crippen LogP contribution >= 0.6 is 0 Å². The molecule has 0 fully saturated rings. The van der Waals surface area contributed by atoms with E-state index in [1.54, 1.807) is 25.1 Å². The number of carbonyl (C=O) groups is 1. The zero-order valence-electron chi connectivity index (χ0n) is 9.40. The van der Waals surface area contributed by atoms with Gasteiger partial charge in [-0.05, 0) is 24.6 Å². The first kappa shape index (κ1) is 12.3. The van der Waals surface area contributed by atoms with E-state index in [0.29, 0.717) is 17.5 Å². The molecule has 1 heterocycles. The van der Waals surface area contributed by atoms with Crippen LogP contribution in [0.5, 0.6) is 0 Å². The van der Waals surface area contributed by atoms with Crippen LogP contribution in [-0.2, 0) is 6.18 Å². The summed E-state index contributed by atoms with van der Waals surface area (Å²) in [6.45, 7) is 1.68. The average Bonchev–Trinajstić information content (AvgIpc) is 2.73. The van der Waals surface area contributed by atoms with Crippen molar-refractivity contribution in [3.05, 3.63) is 47.3 Å². The highest BCUT2D eigenvalue weighted by Crippen LogP contribution is 2.31. The predicted octanol–water partition coefficient (Wildman–Crippen LogP) is 3.01. The summed E-state index contributed by atoms with van der Waals surface area (Å²) in [7, 11) is 0. The van der Waals surface area contributed by atoms with E-state index >= 15 is 0 Å². The molecule has 2 aromatic rings. The maximum absolute atomic E-state index is 12.8. The van der Waals surface area contributed by atoms with Gasteiger partial charge in [-0.2, -0.15) is 18.3 Å². The lowest BCUT2D eigenvalue weighted by molar-refractivity contribution is -0.142. The van der Waals surface area contributed by atoms with Gasteiger partial charge in [0, 0.05) is 0 Å². The van der Waals surface area contributed by atoms with Crippen molar-refractivity contribution in [2.75, 3.05) is 0 Å². The highest BCUT2D eigenvalue weighted by molar-refractivity contribution is 5.72. The largest absolute Gasteiger partial charge is 0.433 e. The molecule has 3 nitrogen and oxygen atoms in total. The van der Waals surface area contributed by atoms with Crippen LogP contribution in [0.3, 0.4) is 0 Å². The van der Waals surface area contributed by atoms with Crippen LogP contribution in [-0.4, -0.2) is 16.1 Å². The first-order valence-electron chi connectivity index (χ1n) is 5.12. The van der Waals surface area contributed by atoms with Crippen LogP contribution in [0, 0.1) is 6.92 Å². The molecule has 1 aromatic carbocycles. The van der Waals surface area contributed by atoms with Gasteiger partial charge in [0.1, 0.15) is 11.4 Å². The molecule has 2 rings (SSSR count). The Kier molecular flexibility index (Phi) is 2.94. The van der Waals surface area contributed by atoms with E-state index in [1.807, 2.05) is 0 Å². The molecule has 0 spiro atoms. The van der Waals surface area contributed by atoms with E-state index in [9.17, 15) is 18.0 Å². The van der Waals surface area contributed by atoms with Crippen molar-refractivity contribution < 1.29 is 18.0 Å². The summed E-state index contributed by atoms with van der Waals surface area (Å²) in [5.41, 5.74) is -0.258. The maximum atomic E-state index is 12.8. The van der Waals surface area contributed by atoms with E-state index in [-0.39, 0.29) is 5.69 Å². The van der Waals surface area contributed by atoms with Crippen molar-refractivity contribution in [1.29, 1.82) is 0 Å². The van der Waals surface area contributed by atoms with Gasteiger partial charge in [0.15, 0.2) is 6.29 Å². The third-order valence-corrected chi connectivity index (χ3v) is 2.48. The quantitative estimate of drug-likeness (QED) is 0.772. The van der Waals surface area contributed by atoms with Gasteiger partial charge in [-0.15, -0.1) is 0 Å². The zero-order chi connectivity index (χ0) is 13.3. The van der Waals surface area contributed by atoms with Crippen molar-refractivity contribution in [3.8, 4) is 5.69 Å². The molecular formula is C12H9F3N2O. The third-order valence-electron chi connectivity index (χ3n) is 2.48. The zero-order valence-corrected chi connectivity index (χ0v) is 9.40. The lowest BCUT2D eigenvalue weighted by Gasteiger charge is -2.11. The topological polar surface area (TPSA) is 34.9 Å². The molecule has 18 heavy (non-hydrogen) atoms. The normalized spacial score (nSPS) is 11.6. The number of aryl methyl sites for hydroxylation is 1. The first-order chi connectivity index (χ1) is 8.43. The molecule has 0 radical (unpaired) electrons. The Morgan fingerprint density at radius 3 is 2.50 bits per heavy atom. The lowest BCUT2D eigenvalue weighted by atomic mass is 10.2. The number of benzene rings is 1. The predicted molar refractivity (Wildman–Crippen MR) is 58.7 cm³/mol. The Hall–Kier alpha value is -2.11. The molecular weight excluding hydrogens is 245 g/mol. The molecule has 6 heteroatoms. The van der Waals surface area contributed by atoms with Gasteiger partial charge >= 0.3 is 6.18 Å². The highest BCUT2D eigenvalue weighted by Gasteiger charge is 2.36. The van der Waals surface area contributed by atoms with E-state index in [0.717, 1.165) is 10.7 Å². The number of para-hydroxylation sites is 1. The first-order valence-corrected chi connectivity index (χ1v) is 5.12. The molecule has 0 unspecified atom stereocenters. The second kappa shape index (κ2) is 4.29. The van der Waals surface area contributed by atoms with Crippen LogP contribution in [0.25, 0.3) is 5.69 Å². The van der Waals surface area contributed by atoms with E-state index in [1.165, 1.54) is 6.07 Å². The van der Waals surface area contributed by atoms with E-state index < -0.39 is 11.9 Å². The van der Waals surface area contributed by atoms with Crippen molar-refractivity contribution >= 4 is 6.29 Å². The molecule has 1 aromatic heterocycles. The summed E-state index contributed by atoms with van der Waals surface area (Å²) in [5.74, 6) is 0. The minimum Gasteiger partial charge on any atom is -0.296 e. The fourth-order valence-electron chi connectivity index (χ4n) is 1.64. The number of carbonyl (C=O) groups excluding carboxylic acids is 1. The van der Waals surface area contributed by atoms with E-state index in [4.69, 9.17) is 0 Å². The van der Waals surface area contributed by atoms with Gasteiger partial charge in [-0.3, -0.25) is 4.79 Å². The summed E-state index contributed by atoms with van der Waals surface area (Å²) in [6, 6.07) is 7.27. The molecule has 0 aliphatic rings. The number of hydrogen-bond donors (Lipinski definition) is 0. The number of halogens is 3. The monoisotopic (exact) mass is 254 g/mol. The fraction of sp³-hybridized carbons (Fsp3) is 0.167. The van der Waals surface area contributed by atoms with Crippen LogP contribution < -0.4 is 0 Å². The van der Waals surface area contributed by atoms with Gasteiger partial charge in [0.2, 0.25) is 0 Å². The summed E-state index contributed by atoms with van der Waals surface area (Å²) in [6.07, 6.45) is -4.26. The second-order valence-corrected chi connectivity index (χ2v) is 3.77. The number of alkyl halides is 3. The number of aromatic nitrogens is 2. The van der Waals surface area contributed by atoms with Crippen LogP contribution in [0.1, 0.15) is 21.7 Å². The highest BCUT2D eigenvalue weighted by atomic mass is 19.4. The fourth-order valence-corrected chi connectivity index (χ4v) is 1.64. The number of hydrogen-bond acceptors (Lipinski definition) is 2. The second-order valence-electron chi connectivity index (χ2n) is 3.77. The average molecular weight is 254 g/mol. The molecule has 94 valence electrons. The number of rotatable bonds is 2. The lowest BCUT2D eigenvalue weighted by Crippen LogP contribution is -2.13.